The van der Waals surface area contributed by atoms with Crippen LogP contribution >= 0.6 is 0 Å². The molecule has 90 valence electrons. The van der Waals surface area contributed by atoms with Gasteiger partial charge in [-0.25, -0.2) is 4.79 Å². The van der Waals surface area contributed by atoms with Crippen LogP contribution in [0.25, 0.3) is 0 Å². The summed E-state index contributed by atoms with van der Waals surface area (Å²) < 4.78 is 1.86. The molecule has 1 atom stereocenters. The van der Waals surface area contributed by atoms with Crippen LogP contribution < -0.4 is 0 Å². The molecule has 0 spiro atoms. The maximum Gasteiger partial charge on any atom is 0.332 e. The summed E-state index contributed by atoms with van der Waals surface area (Å²) >= 11 is 0. The second-order valence-electron chi connectivity index (χ2n) is 3.71. The average Bonchev–Trinajstić information content (AvgIpc) is 2.57. The average molecular weight is 227 g/mol. The molecule has 6 heteroatoms. The van der Waals surface area contributed by atoms with Gasteiger partial charge in [0, 0.05) is 19.4 Å². The van der Waals surface area contributed by atoms with E-state index >= 15 is 0 Å². The number of aromatic nitrogens is 3. The second kappa shape index (κ2) is 5.60. The van der Waals surface area contributed by atoms with Gasteiger partial charge in [0.15, 0.2) is 6.10 Å². The third-order valence-electron chi connectivity index (χ3n) is 2.40. The van der Waals surface area contributed by atoms with Gasteiger partial charge in [-0.15, -0.1) is 10.2 Å². The number of rotatable bonds is 6. The summed E-state index contributed by atoms with van der Waals surface area (Å²) in [5.41, 5.74) is 0. The largest absolute Gasteiger partial charge is 0.479 e. The van der Waals surface area contributed by atoms with Crippen LogP contribution in [0.15, 0.2) is 0 Å². The second-order valence-corrected chi connectivity index (χ2v) is 3.71. The predicted octanol–water partition coefficient (Wildman–Crippen LogP) is 0.375. The molecule has 1 unspecified atom stereocenters. The molecule has 0 bridgehead atoms. The van der Waals surface area contributed by atoms with Gasteiger partial charge in [-0.05, 0) is 13.3 Å². The molecule has 0 radical (unpaired) electrons. The van der Waals surface area contributed by atoms with Crippen molar-refractivity contribution in [3.63, 3.8) is 0 Å². The van der Waals surface area contributed by atoms with Gasteiger partial charge >= 0.3 is 5.97 Å². The molecule has 0 saturated heterocycles. The number of carbonyl (C=O) groups is 1. The Morgan fingerprint density at radius 1 is 1.50 bits per heavy atom. The molecule has 0 aromatic carbocycles. The van der Waals surface area contributed by atoms with Crippen molar-refractivity contribution in [3.8, 4) is 0 Å². The maximum absolute atomic E-state index is 10.5. The molecule has 0 amide bonds. The Bertz CT molecular complexity index is 362. The summed E-state index contributed by atoms with van der Waals surface area (Å²) in [6, 6.07) is 0. The Labute approximate surface area is 93.9 Å². The number of carboxylic acids is 1. The van der Waals surface area contributed by atoms with Crippen molar-refractivity contribution in [3.05, 3.63) is 11.6 Å². The lowest BCUT2D eigenvalue weighted by Crippen LogP contribution is -2.22. The van der Waals surface area contributed by atoms with E-state index in [4.69, 9.17) is 5.11 Å². The van der Waals surface area contributed by atoms with Crippen LogP contribution in [0.5, 0.6) is 0 Å². The van der Waals surface area contributed by atoms with Gasteiger partial charge in [-0.3, -0.25) is 0 Å². The van der Waals surface area contributed by atoms with E-state index in [1.807, 2.05) is 18.4 Å². The van der Waals surface area contributed by atoms with Gasteiger partial charge in [-0.2, -0.15) is 0 Å². The van der Waals surface area contributed by atoms with Crippen LogP contribution in [0.2, 0.25) is 0 Å². The van der Waals surface area contributed by atoms with Crippen molar-refractivity contribution in [1.82, 2.24) is 14.8 Å². The van der Waals surface area contributed by atoms with E-state index in [-0.39, 0.29) is 6.42 Å². The molecular formula is C10H17N3O3. The minimum atomic E-state index is -1.32. The molecule has 0 aliphatic heterocycles. The van der Waals surface area contributed by atoms with Crippen LogP contribution in [-0.2, 0) is 17.8 Å². The van der Waals surface area contributed by atoms with Crippen LogP contribution in [0.1, 0.15) is 31.4 Å². The third kappa shape index (κ3) is 3.03. The zero-order valence-electron chi connectivity index (χ0n) is 9.55. The highest BCUT2D eigenvalue weighted by Gasteiger charge is 2.15. The summed E-state index contributed by atoms with van der Waals surface area (Å²) in [6.07, 6.45) is 0.616. The van der Waals surface area contributed by atoms with Crippen molar-refractivity contribution in [2.75, 3.05) is 0 Å². The molecule has 16 heavy (non-hydrogen) atoms. The first kappa shape index (κ1) is 12.6. The fraction of sp³-hybridized carbons (Fsp3) is 0.700. The highest BCUT2D eigenvalue weighted by atomic mass is 16.4. The number of hydrogen-bond donors (Lipinski definition) is 2. The Kier molecular flexibility index (Phi) is 4.42. The summed E-state index contributed by atoms with van der Waals surface area (Å²) in [5.74, 6) is 0.404. The van der Waals surface area contributed by atoms with Crippen molar-refractivity contribution in [1.29, 1.82) is 0 Å². The van der Waals surface area contributed by atoms with Crippen molar-refractivity contribution >= 4 is 5.97 Å². The molecule has 0 aliphatic carbocycles. The number of nitrogens with zero attached hydrogens (tertiary/aromatic N) is 3. The molecule has 1 rings (SSSR count). The smallest absolute Gasteiger partial charge is 0.332 e. The predicted molar refractivity (Wildman–Crippen MR) is 57.0 cm³/mol. The number of aliphatic hydroxyl groups excluding tert-OH is 1. The van der Waals surface area contributed by atoms with Gasteiger partial charge in [0.05, 0.1) is 0 Å². The summed E-state index contributed by atoms with van der Waals surface area (Å²) in [5, 5.41) is 25.7. The van der Waals surface area contributed by atoms with Gasteiger partial charge in [0.25, 0.3) is 0 Å². The molecule has 1 heterocycles. The van der Waals surface area contributed by atoms with Crippen molar-refractivity contribution in [2.45, 2.75) is 45.8 Å². The molecule has 2 N–H and O–H groups in total. The first-order chi connectivity index (χ1) is 7.56. The summed E-state index contributed by atoms with van der Waals surface area (Å²) in [4.78, 5) is 10.5. The van der Waals surface area contributed by atoms with E-state index in [2.05, 4.69) is 10.2 Å². The van der Waals surface area contributed by atoms with Crippen LogP contribution in [0.3, 0.4) is 0 Å². The van der Waals surface area contributed by atoms with Gasteiger partial charge in [-0.1, -0.05) is 6.92 Å². The van der Waals surface area contributed by atoms with E-state index in [0.29, 0.717) is 6.54 Å². The highest BCUT2D eigenvalue weighted by molar-refractivity contribution is 5.71. The number of aliphatic carboxylic acids is 1. The third-order valence-corrected chi connectivity index (χ3v) is 2.40. The van der Waals surface area contributed by atoms with Crippen LogP contribution in [0.4, 0.5) is 0 Å². The fourth-order valence-corrected chi connectivity index (χ4v) is 1.50. The van der Waals surface area contributed by atoms with Gasteiger partial charge < -0.3 is 14.8 Å². The quantitative estimate of drug-likeness (QED) is 0.733. The number of aliphatic hydroxyl groups is 1. The first-order valence-electron chi connectivity index (χ1n) is 5.35. The standard InChI is InChI=1S/C10H17N3O3/c1-3-4-9-12-11-7(2)13(9)6-5-8(14)10(15)16/h8,14H,3-6H2,1-2H3,(H,15,16). The zero-order valence-corrected chi connectivity index (χ0v) is 9.55. The lowest BCUT2D eigenvalue weighted by atomic mass is 10.2. The van der Waals surface area contributed by atoms with Crippen molar-refractivity contribution in [2.24, 2.45) is 0 Å². The summed E-state index contributed by atoms with van der Waals surface area (Å²) in [6.45, 7) is 4.29. The topological polar surface area (TPSA) is 88.2 Å². The first-order valence-corrected chi connectivity index (χ1v) is 5.35. The minimum Gasteiger partial charge on any atom is -0.479 e. The molecule has 6 nitrogen and oxygen atoms in total. The Balaban J connectivity index is 2.65. The van der Waals surface area contributed by atoms with Gasteiger partial charge in [0.2, 0.25) is 0 Å². The normalized spacial score (nSPS) is 12.7. The Morgan fingerprint density at radius 3 is 2.75 bits per heavy atom. The van der Waals surface area contributed by atoms with E-state index in [1.54, 1.807) is 0 Å². The SMILES string of the molecule is CCCc1nnc(C)n1CCC(O)C(=O)O. The number of carboxylic acid groups (broad SMARTS) is 1. The Hall–Kier alpha value is -1.43. The van der Waals surface area contributed by atoms with E-state index in [1.165, 1.54) is 0 Å². The van der Waals surface area contributed by atoms with E-state index in [0.717, 1.165) is 24.5 Å². The minimum absolute atomic E-state index is 0.172. The lowest BCUT2D eigenvalue weighted by molar-refractivity contribution is -0.147. The fourth-order valence-electron chi connectivity index (χ4n) is 1.50. The highest BCUT2D eigenvalue weighted by Crippen LogP contribution is 2.06. The molecule has 0 fully saturated rings. The number of aryl methyl sites for hydroxylation is 2. The van der Waals surface area contributed by atoms with Crippen LogP contribution in [-0.4, -0.2) is 37.1 Å². The monoisotopic (exact) mass is 227 g/mol. The molecular weight excluding hydrogens is 210 g/mol. The molecule has 0 aliphatic rings. The van der Waals surface area contributed by atoms with Gasteiger partial charge in [0.1, 0.15) is 11.6 Å². The summed E-state index contributed by atoms with van der Waals surface area (Å²) in [7, 11) is 0. The zero-order chi connectivity index (χ0) is 12.1. The van der Waals surface area contributed by atoms with E-state index < -0.39 is 12.1 Å². The van der Waals surface area contributed by atoms with Crippen LogP contribution in [0, 0.1) is 6.92 Å². The molecule has 1 aromatic heterocycles. The molecule has 0 saturated carbocycles. The maximum atomic E-state index is 10.5. The Morgan fingerprint density at radius 2 is 2.19 bits per heavy atom. The molecule has 1 aromatic rings. The van der Waals surface area contributed by atoms with Crippen molar-refractivity contribution < 1.29 is 15.0 Å². The van der Waals surface area contributed by atoms with E-state index in [9.17, 15) is 9.90 Å². The lowest BCUT2D eigenvalue weighted by Gasteiger charge is -2.09. The number of hydrogen-bond acceptors (Lipinski definition) is 4.